The van der Waals surface area contributed by atoms with Crippen molar-refractivity contribution in [1.29, 1.82) is 0 Å². The lowest BCUT2D eigenvalue weighted by Gasteiger charge is -2.32. The second-order valence-corrected chi connectivity index (χ2v) is 5.36. The zero-order valence-electron chi connectivity index (χ0n) is 12.4. The van der Waals surface area contributed by atoms with Crippen LogP contribution in [0, 0.1) is 0 Å². The maximum absolute atomic E-state index is 12.1. The maximum atomic E-state index is 12.1. The van der Waals surface area contributed by atoms with Crippen molar-refractivity contribution in [3.63, 3.8) is 0 Å². The molecule has 0 heterocycles. The van der Waals surface area contributed by atoms with E-state index in [-0.39, 0.29) is 11.9 Å². The molecular weight excluding hydrogens is 244 g/mol. The summed E-state index contributed by atoms with van der Waals surface area (Å²) in [7, 11) is 5.13. The van der Waals surface area contributed by atoms with Crippen LogP contribution in [0.1, 0.15) is 38.5 Å². The molecule has 0 aromatic heterocycles. The average Bonchev–Trinajstić information content (AvgIpc) is 2.44. The predicted octanol–water partition coefficient (Wildman–Crippen LogP) is 1.27. The van der Waals surface area contributed by atoms with Crippen molar-refractivity contribution in [3.05, 3.63) is 0 Å². The Balaban J connectivity index is 2.30. The molecular formula is C14H26N2O3. The minimum atomic E-state index is -0.236. The topological polar surface area (TPSA) is 49.9 Å². The van der Waals surface area contributed by atoms with Crippen molar-refractivity contribution >= 4 is 11.9 Å². The largest absolute Gasteiger partial charge is 0.469 e. The van der Waals surface area contributed by atoms with Gasteiger partial charge < -0.3 is 9.64 Å². The summed E-state index contributed by atoms with van der Waals surface area (Å²) in [6, 6.07) is 0.398. The lowest BCUT2D eigenvalue weighted by atomic mass is 9.94. The van der Waals surface area contributed by atoms with Crippen LogP contribution >= 0.6 is 0 Å². The summed E-state index contributed by atoms with van der Waals surface area (Å²) in [5, 5.41) is 0. The van der Waals surface area contributed by atoms with Crippen LogP contribution in [0.5, 0.6) is 0 Å². The number of ether oxygens (including phenoxy) is 1. The fraction of sp³-hybridized carbons (Fsp3) is 0.857. The third kappa shape index (κ3) is 5.59. The third-order valence-electron chi connectivity index (χ3n) is 3.85. The summed E-state index contributed by atoms with van der Waals surface area (Å²) >= 11 is 0. The van der Waals surface area contributed by atoms with Crippen molar-refractivity contribution < 1.29 is 14.3 Å². The first-order valence-corrected chi connectivity index (χ1v) is 7.05. The highest BCUT2D eigenvalue weighted by Crippen LogP contribution is 2.21. The van der Waals surface area contributed by atoms with Gasteiger partial charge in [0.1, 0.15) is 0 Å². The van der Waals surface area contributed by atoms with Gasteiger partial charge in [-0.15, -0.1) is 0 Å². The van der Waals surface area contributed by atoms with Crippen molar-refractivity contribution in [2.45, 2.75) is 44.6 Å². The second-order valence-electron chi connectivity index (χ2n) is 5.36. The van der Waals surface area contributed by atoms with Gasteiger partial charge in [-0.3, -0.25) is 14.5 Å². The summed E-state index contributed by atoms with van der Waals surface area (Å²) in [5.41, 5.74) is 0. The highest BCUT2D eigenvalue weighted by atomic mass is 16.5. The van der Waals surface area contributed by atoms with E-state index < -0.39 is 0 Å². The monoisotopic (exact) mass is 270 g/mol. The van der Waals surface area contributed by atoms with Gasteiger partial charge >= 0.3 is 5.97 Å². The number of esters is 1. The quantitative estimate of drug-likeness (QED) is 0.682. The van der Waals surface area contributed by atoms with E-state index in [1.165, 1.54) is 26.4 Å². The van der Waals surface area contributed by atoms with E-state index in [2.05, 4.69) is 4.74 Å². The first-order valence-electron chi connectivity index (χ1n) is 7.05. The molecule has 19 heavy (non-hydrogen) atoms. The van der Waals surface area contributed by atoms with Gasteiger partial charge in [-0.1, -0.05) is 19.3 Å². The molecule has 0 radical (unpaired) electrons. The van der Waals surface area contributed by atoms with Gasteiger partial charge in [-0.05, 0) is 19.9 Å². The molecule has 0 aromatic rings. The number of carbonyl (C=O) groups excluding carboxylic acids is 2. The summed E-state index contributed by atoms with van der Waals surface area (Å²) in [4.78, 5) is 26.9. The normalized spacial score (nSPS) is 16.4. The van der Waals surface area contributed by atoms with Crippen LogP contribution in [0.25, 0.3) is 0 Å². The van der Waals surface area contributed by atoms with Gasteiger partial charge in [-0.25, -0.2) is 0 Å². The van der Waals surface area contributed by atoms with E-state index in [1.807, 2.05) is 23.9 Å². The van der Waals surface area contributed by atoms with Gasteiger partial charge in [0.2, 0.25) is 5.91 Å². The molecule has 0 aromatic carbocycles. The number of carbonyl (C=O) groups is 2. The maximum Gasteiger partial charge on any atom is 0.306 e. The van der Waals surface area contributed by atoms with E-state index in [1.54, 1.807) is 0 Å². The number of amides is 1. The average molecular weight is 270 g/mol. The standard InChI is InChI=1S/C14H26N2O3/c1-15(10-9-14(18)19-3)11-13(17)16(2)12-7-5-4-6-8-12/h12H,4-11H2,1-3H3. The van der Waals surface area contributed by atoms with Crippen LogP contribution in [0.15, 0.2) is 0 Å². The Hall–Kier alpha value is -1.10. The number of methoxy groups -OCH3 is 1. The second kappa shape index (κ2) is 8.15. The Bertz CT molecular complexity index is 301. The minimum Gasteiger partial charge on any atom is -0.469 e. The molecule has 1 aliphatic carbocycles. The molecule has 0 saturated heterocycles. The molecule has 1 saturated carbocycles. The summed E-state index contributed by atoms with van der Waals surface area (Å²) < 4.78 is 4.59. The molecule has 0 spiro atoms. The van der Waals surface area contributed by atoms with Crippen molar-refractivity contribution in [2.75, 3.05) is 34.3 Å². The molecule has 0 atom stereocenters. The smallest absolute Gasteiger partial charge is 0.306 e. The SMILES string of the molecule is COC(=O)CCN(C)CC(=O)N(C)C1CCCCC1. The van der Waals surface area contributed by atoms with Crippen LogP contribution in [0.2, 0.25) is 0 Å². The molecule has 0 bridgehead atoms. The Morgan fingerprint density at radius 2 is 1.79 bits per heavy atom. The summed E-state index contributed by atoms with van der Waals surface area (Å²) in [6.07, 6.45) is 6.30. The molecule has 1 fully saturated rings. The van der Waals surface area contributed by atoms with Crippen molar-refractivity contribution in [2.24, 2.45) is 0 Å². The van der Waals surface area contributed by atoms with Crippen LogP contribution in [0.4, 0.5) is 0 Å². The lowest BCUT2D eigenvalue weighted by molar-refractivity contribution is -0.141. The first kappa shape index (κ1) is 16.0. The third-order valence-corrected chi connectivity index (χ3v) is 3.85. The zero-order chi connectivity index (χ0) is 14.3. The van der Waals surface area contributed by atoms with E-state index in [4.69, 9.17) is 0 Å². The fourth-order valence-corrected chi connectivity index (χ4v) is 2.48. The van der Waals surface area contributed by atoms with E-state index in [0.29, 0.717) is 25.6 Å². The molecule has 0 unspecified atom stereocenters. The molecule has 110 valence electrons. The van der Waals surface area contributed by atoms with Gasteiger partial charge in [-0.2, -0.15) is 0 Å². The zero-order valence-corrected chi connectivity index (χ0v) is 12.4. The molecule has 5 heteroatoms. The molecule has 1 amide bonds. The molecule has 1 aliphatic rings. The van der Waals surface area contributed by atoms with Crippen LogP contribution in [-0.4, -0.2) is 62.0 Å². The number of likely N-dealkylation sites (N-methyl/N-ethyl adjacent to an activating group) is 2. The number of hydrogen-bond acceptors (Lipinski definition) is 4. The predicted molar refractivity (Wildman–Crippen MR) is 73.8 cm³/mol. The molecule has 5 nitrogen and oxygen atoms in total. The minimum absolute atomic E-state index is 0.138. The molecule has 0 aliphatic heterocycles. The first-order chi connectivity index (χ1) is 9.04. The highest BCUT2D eigenvalue weighted by Gasteiger charge is 2.22. The Labute approximate surface area is 115 Å². The van der Waals surface area contributed by atoms with Gasteiger partial charge in [0.15, 0.2) is 0 Å². The summed E-state index contributed by atoms with van der Waals surface area (Å²) in [5.74, 6) is -0.0980. The molecule has 0 N–H and O–H groups in total. The highest BCUT2D eigenvalue weighted by molar-refractivity contribution is 5.78. The summed E-state index contributed by atoms with van der Waals surface area (Å²) in [6.45, 7) is 0.918. The van der Waals surface area contributed by atoms with Crippen LogP contribution in [-0.2, 0) is 14.3 Å². The Morgan fingerprint density at radius 1 is 1.16 bits per heavy atom. The van der Waals surface area contributed by atoms with Gasteiger partial charge in [0.05, 0.1) is 20.1 Å². The van der Waals surface area contributed by atoms with E-state index in [0.717, 1.165) is 12.8 Å². The van der Waals surface area contributed by atoms with Crippen LogP contribution in [0.3, 0.4) is 0 Å². The number of rotatable bonds is 6. The number of hydrogen-bond donors (Lipinski definition) is 0. The Kier molecular flexibility index (Phi) is 6.84. The number of nitrogens with zero attached hydrogens (tertiary/aromatic N) is 2. The van der Waals surface area contributed by atoms with Crippen molar-refractivity contribution in [3.8, 4) is 0 Å². The molecule has 1 rings (SSSR count). The van der Waals surface area contributed by atoms with Gasteiger partial charge in [0.25, 0.3) is 0 Å². The lowest BCUT2D eigenvalue weighted by Crippen LogP contribution is -2.43. The fourth-order valence-electron chi connectivity index (χ4n) is 2.48. The van der Waals surface area contributed by atoms with Crippen molar-refractivity contribution in [1.82, 2.24) is 9.80 Å². The van der Waals surface area contributed by atoms with Crippen LogP contribution < -0.4 is 0 Å². The van der Waals surface area contributed by atoms with Gasteiger partial charge in [0, 0.05) is 19.6 Å². The van der Waals surface area contributed by atoms with E-state index in [9.17, 15) is 9.59 Å². The van der Waals surface area contributed by atoms with E-state index >= 15 is 0 Å². The Morgan fingerprint density at radius 3 is 2.37 bits per heavy atom.